The van der Waals surface area contributed by atoms with Crippen LogP contribution in [0.25, 0.3) is 0 Å². The highest BCUT2D eigenvalue weighted by atomic mass is 16.5. The molecule has 178 valence electrons. The highest BCUT2D eigenvalue weighted by Crippen LogP contribution is 2.26. The zero-order valence-corrected chi connectivity index (χ0v) is 20.0. The summed E-state index contributed by atoms with van der Waals surface area (Å²) >= 11 is 0. The molecular formula is C26H34N2O5. The Morgan fingerprint density at radius 3 is 1.94 bits per heavy atom. The van der Waals surface area contributed by atoms with Crippen LogP contribution >= 0.6 is 0 Å². The molecular weight excluding hydrogens is 420 g/mol. The van der Waals surface area contributed by atoms with Crippen molar-refractivity contribution in [2.75, 3.05) is 7.11 Å². The average Bonchev–Trinajstić information content (AvgIpc) is 2.81. The SMILES string of the molecule is COC(=O)C(C)(C)[C@H](Cc1ccccc1)NC(=O)[C@@H](NC(=O)OCc1ccccc1)C(C)C. The van der Waals surface area contributed by atoms with Crippen molar-refractivity contribution in [1.29, 1.82) is 0 Å². The molecule has 0 aliphatic rings. The molecule has 2 N–H and O–H groups in total. The Labute approximate surface area is 195 Å². The summed E-state index contributed by atoms with van der Waals surface area (Å²) in [6.45, 7) is 7.24. The summed E-state index contributed by atoms with van der Waals surface area (Å²) in [4.78, 5) is 38.1. The molecule has 0 spiro atoms. The number of nitrogens with one attached hydrogen (secondary N) is 2. The van der Waals surface area contributed by atoms with E-state index in [1.165, 1.54) is 7.11 Å². The number of hydrogen-bond donors (Lipinski definition) is 2. The first-order chi connectivity index (χ1) is 15.6. The Balaban J connectivity index is 2.12. The van der Waals surface area contributed by atoms with E-state index in [1.807, 2.05) is 74.5 Å². The van der Waals surface area contributed by atoms with Gasteiger partial charge in [0.15, 0.2) is 0 Å². The van der Waals surface area contributed by atoms with Crippen LogP contribution in [0, 0.1) is 11.3 Å². The van der Waals surface area contributed by atoms with Gasteiger partial charge >= 0.3 is 12.1 Å². The van der Waals surface area contributed by atoms with E-state index < -0.39 is 29.6 Å². The largest absolute Gasteiger partial charge is 0.469 e. The molecule has 0 unspecified atom stereocenters. The minimum Gasteiger partial charge on any atom is -0.469 e. The lowest BCUT2D eigenvalue weighted by molar-refractivity contribution is -0.153. The lowest BCUT2D eigenvalue weighted by atomic mass is 9.80. The molecule has 33 heavy (non-hydrogen) atoms. The summed E-state index contributed by atoms with van der Waals surface area (Å²) < 4.78 is 10.3. The molecule has 0 saturated heterocycles. The molecule has 0 aliphatic carbocycles. The molecule has 0 heterocycles. The average molecular weight is 455 g/mol. The van der Waals surface area contributed by atoms with Crippen molar-refractivity contribution in [3.8, 4) is 0 Å². The van der Waals surface area contributed by atoms with E-state index in [1.54, 1.807) is 13.8 Å². The first-order valence-corrected chi connectivity index (χ1v) is 11.0. The fourth-order valence-corrected chi connectivity index (χ4v) is 3.43. The van der Waals surface area contributed by atoms with Gasteiger partial charge in [0.2, 0.25) is 5.91 Å². The minimum atomic E-state index is -0.990. The molecule has 0 radical (unpaired) electrons. The van der Waals surface area contributed by atoms with Crippen LogP contribution in [0.5, 0.6) is 0 Å². The predicted molar refractivity (Wildman–Crippen MR) is 126 cm³/mol. The zero-order chi connectivity index (χ0) is 24.4. The first kappa shape index (κ1) is 25.9. The van der Waals surface area contributed by atoms with Gasteiger partial charge in [-0.25, -0.2) is 4.79 Å². The Kier molecular flexibility index (Phi) is 9.45. The Morgan fingerprint density at radius 1 is 0.879 bits per heavy atom. The molecule has 0 aromatic heterocycles. The summed E-state index contributed by atoms with van der Waals surface area (Å²) in [5.41, 5.74) is 0.826. The van der Waals surface area contributed by atoms with Crippen LogP contribution in [-0.2, 0) is 32.1 Å². The monoisotopic (exact) mass is 454 g/mol. The number of benzene rings is 2. The topological polar surface area (TPSA) is 93.7 Å². The lowest BCUT2D eigenvalue weighted by Gasteiger charge is -2.34. The second kappa shape index (κ2) is 12.0. The third kappa shape index (κ3) is 7.63. The smallest absolute Gasteiger partial charge is 0.408 e. The maximum absolute atomic E-state index is 13.2. The molecule has 0 aliphatic heterocycles. The number of methoxy groups -OCH3 is 1. The molecule has 0 saturated carbocycles. The number of ether oxygens (including phenoxy) is 2. The van der Waals surface area contributed by atoms with E-state index in [2.05, 4.69) is 10.6 Å². The summed E-state index contributed by atoms with van der Waals surface area (Å²) in [6.07, 6.45) is -0.252. The fraction of sp³-hybridized carbons (Fsp3) is 0.423. The van der Waals surface area contributed by atoms with E-state index in [0.717, 1.165) is 11.1 Å². The molecule has 2 aromatic rings. The van der Waals surface area contributed by atoms with Crippen LogP contribution in [0.2, 0.25) is 0 Å². The number of alkyl carbamates (subject to hydrolysis) is 1. The number of carbonyl (C=O) groups is 3. The van der Waals surface area contributed by atoms with Crippen molar-refractivity contribution in [2.45, 2.75) is 52.8 Å². The third-order valence-electron chi connectivity index (χ3n) is 5.62. The summed E-state index contributed by atoms with van der Waals surface area (Å²) in [7, 11) is 1.33. The minimum absolute atomic E-state index is 0.102. The Bertz CT molecular complexity index is 913. The van der Waals surface area contributed by atoms with E-state index in [4.69, 9.17) is 9.47 Å². The molecule has 0 fully saturated rings. The summed E-state index contributed by atoms with van der Waals surface area (Å²) in [5, 5.41) is 5.63. The fourth-order valence-electron chi connectivity index (χ4n) is 3.43. The first-order valence-electron chi connectivity index (χ1n) is 11.0. The van der Waals surface area contributed by atoms with Gasteiger partial charge in [-0.3, -0.25) is 9.59 Å². The van der Waals surface area contributed by atoms with Gasteiger partial charge < -0.3 is 20.1 Å². The summed E-state index contributed by atoms with van der Waals surface area (Å²) in [6, 6.07) is 17.5. The van der Waals surface area contributed by atoms with Crippen LogP contribution in [-0.4, -0.2) is 37.2 Å². The van der Waals surface area contributed by atoms with E-state index in [9.17, 15) is 14.4 Å². The Hall–Kier alpha value is -3.35. The van der Waals surface area contributed by atoms with Crippen LogP contribution in [0.1, 0.15) is 38.8 Å². The normalized spacial score (nSPS) is 13.0. The van der Waals surface area contributed by atoms with E-state index in [-0.39, 0.29) is 18.4 Å². The molecule has 2 aromatic carbocycles. The number of amides is 2. The van der Waals surface area contributed by atoms with Gasteiger partial charge in [0.25, 0.3) is 0 Å². The maximum Gasteiger partial charge on any atom is 0.408 e. The molecule has 2 amide bonds. The van der Waals surface area contributed by atoms with Crippen molar-refractivity contribution < 1.29 is 23.9 Å². The standard InChI is InChI=1S/C26H34N2O5/c1-18(2)22(28-25(31)33-17-20-14-10-7-11-15-20)23(29)27-21(26(3,4)24(30)32-5)16-19-12-8-6-9-13-19/h6-15,18,21-22H,16-17H2,1-5H3,(H,27,29)(H,28,31)/t21-,22-/m0/s1. The van der Waals surface area contributed by atoms with Gasteiger partial charge in [0.05, 0.1) is 12.5 Å². The number of esters is 1. The van der Waals surface area contributed by atoms with Gasteiger partial charge in [-0.15, -0.1) is 0 Å². The number of rotatable bonds is 10. The molecule has 7 heteroatoms. The third-order valence-corrected chi connectivity index (χ3v) is 5.62. The second-order valence-corrected chi connectivity index (χ2v) is 8.89. The zero-order valence-electron chi connectivity index (χ0n) is 20.0. The van der Waals surface area contributed by atoms with Crippen molar-refractivity contribution in [3.63, 3.8) is 0 Å². The van der Waals surface area contributed by atoms with Crippen molar-refractivity contribution in [1.82, 2.24) is 10.6 Å². The van der Waals surface area contributed by atoms with Crippen LogP contribution < -0.4 is 10.6 Å². The number of carbonyl (C=O) groups excluding carboxylic acids is 3. The van der Waals surface area contributed by atoms with Crippen LogP contribution in [0.4, 0.5) is 4.79 Å². The second-order valence-electron chi connectivity index (χ2n) is 8.89. The van der Waals surface area contributed by atoms with Crippen molar-refractivity contribution >= 4 is 18.0 Å². The van der Waals surface area contributed by atoms with E-state index >= 15 is 0 Å². The quantitative estimate of drug-likeness (QED) is 0.532. The maximum atomic E-state index is 13.2. The van der Waals surface area contributed by atoms with Gasteiger partial charge in [-0.05, 0) is 37.3 Å². The van der Waals surface area contributed by atoms with Gasteiger partial charge in [-0.2, -0.15) is 0 Å². The van der Waals surface area contributed by atoms with Gasteiger partial charge in [-0.1, -0.05) is 74.5 Å². The molecule has 0 bridgehead atoms. The van der Waals surface area contributed by atoms with Crippen LogP contribution in [0.15, 0.2) is 60.7 Å². The van der Waals surface area contributed by atoms with Gasteiger partial charge in [0.1, 0.15) is 12.6 Å². The van der Waals surface area contributed by atoms with Gasteiger partial charge in [0, 0.05) is 6.04 Å². The summed E-state index contributed by atoms with van der Waals surface area (Å²) in [5.74, 6) is -1.02. The Morgan fingerprint density at radius 2 is 1.42 bits per heavy atom. The molecule has 2 rings (SSSR count). The highest BCUT2D eigenvalue weighted by molar-refractivity contribution is 5.87. The molecule has 2 atom stereocenters. The van der Waals surface area contributed by atoms with Crippen LogP contribution in [0.3, 0.4) is 0 Å². The lowest BCUT2D eigenvalue weighted by Crippen LogP contribution is -2.57. The van der Waals surface area contributed by atoms with E-state index in [0.29, 0.717) is 6.42 Å². The van der Waals surface area contributed by atoms with Crippen molar-refractivity contribution in [2.24, 2.45) is 11.3 Å². The number of hydrogen-bond acceptors (Lipinski definition) is 5. The predicted octanol–water partition coefficient (Wildman–Crippen LogP) is 3.86. The molecule has 7 nitrogen and oxygen atoms in total. The van der Waals surface area contributed by atoms with Crippen molar-refractivity contribution in [3.05, 3.63) is 71.8 Å². The highest BCUT2D eigenvalue weighted by Gasteiger charge is 2.40.